The zero-order chi connectivity index (χ0) is 12.8. The number of ether oxygens (including phenoxy) is 2. The second-order valence-electron chi connectivity index (χ2n) is 3.14. The van der Waals surface area contributed by atoms with Gasteiger partial charge in [0.15, 0.2) is 17.5 Å². The zero-order valence-corrected chi connectivity index (χ0v) is 9.47. The highest BCUT2D eigenvalue weighted by atomic mass is 16.5. The Kier molecular flexibility index (Phi) is 4.33. The number of benzene rings is 1. The normalized spacial score (nSPS) is 11.4. The summed E-state index contributed by atoms with van der Waals surface area (Å²) < 4.78 is 10.2. The number of methoxy groups -OCH3 is 2. The van der Waals surface area contributed by atoms with Crippen LogP contribution in [0, 0.1) is 0 Å². The molecule has 6 nitrogen and oxygen atoms in total. The van der Waals surface area contributed by atoms with E-state index in [1.807, 2.05) is 0 Å². The van der Waals surface area contributed by atoms with Crippen LogP contribution < -0.4 is 14.8 Å². The van der Waals surface area contributed by atoms with E-state index in [-0.39, 0.29) is 5.75 Å². The number of para-hydroxylation sites is 1. The summed E-state index contributed by atoms with van der Waals surface area (Å²) >= 11 is 0. The maximum atomic E-state index is 11.0. The first-order chi connectivity index (χ1) is 8.15. The van der Waals surface area contributed by atoms with Crippen LogP contribution in [0.3, 0.4) is 0 Å². The number of hydrogen-bond acceptors (Lipinski definition) is 4. The quantitative estimate of drug-likeness (QED) is 0.709. The first-order valence-electron chi connectivity index (χ1n) is 4.79. The minimum atomic E-state index is -1.18. The van der Waals surface area contributed by atoms with Gasteiger partial charge in [0.25, 0.3) is 0 Å². The van der Waals surface area contributed by atoms with Crippen LogP contribution >= 0.6 is 0 Å². The van der Waals surface area contributed by atoms with Gasteiger partial charge in [-0.25, -0.2) is 4.79 Å². The summed E-state index contributed by atoms with van der Waals surface area (Å²) in [5.74, 6) is -0.482. The molecule has 0 bridgehead atoms. The molecule has 0 aliphatic carbocycles. The van der Waals surface area contributed by atoms with Crippen molar-refractivity contribution in [3.8, 4) is 11.5 Å². The Labute approximate surface area is 98.2 Å². The number of carboxylic acid groups (broad SMARTS) is 1. The van der Waals surface area contributed by atoms with Gasteiger partial charge in [0.05, 0.1) is 14.2 Å². The first kappa shape index (κ1) is 12.8. The summed E-state index contributed by atoms with van der Waals surface area (Å²) in [6.45, 7) is 0. The van der Waals surface area contributed by atoms with Crippen molar-refractivity contribution in [3.05, 3.63) is 23.8 Å². The Morgan fingerprint density at radius 3 is 2.59 bits per heavy atom. The van der Waals surface area contributed by atoms with Gasteiger partial charge in [-0.3, -0.25) is 4.79 Å². The van der Waals surface area contributed by atoms with Crippen LogP contribution in [0.5, 0.6) is 11.5 Å². The molecule has 1 atom stereocenters. The summed E-state index contributed by atoms with van der Waals surface area (Å²) in [5, 5.41) is 11.2. The molecule has 1 unspecified atom stereocenters. The average Bonchev–Trinajstić information content (AvgIpc) is 2.34. The van der Waals surface area contributed by atoms with E-state index in [1.54, 1.807) is 18.2 Å². The lowest BCUT2D eigenvalue weighted by Crippen LogP contribution is -2.27. The van der Waals surface area contributed by atoms with Crippen LogP contribution in [0.2, 0.25) is 0 Å². The summed E-state index contributed by atoms with van der Waals surface area (Å²) in [4.78, 5) is 21.4. The summed E-state index contributed by atoms with van der Waals surface area (Å²) in [7, 11) is 2.85. The Morgan fingerprint density at radius 1 is 1.41 bits per heavy atom. The highest BCUT2D eigenvalue weighted by molar-refractivity contribution is 5.79. The molecule has 1 amide bonds. The number of carboxylic acids is 1. The maximum Gasteiger partial charge on any atom is 0.331 e. The molecule has 0 aliphatic rings. The van der Waals surface area contributed by atoms with Gasteiger partial charge in [-0.15, -0.1) is 0 Å². The van der Waals surface area contributed by atoms with E-state index >= 15 is 0 Å². The molecular weight excluding hydrogens is 226 g/mol. The third-order valence-electron chi connectivity index (χ3n) is 2.23. The van der Waals surface area contributed by atoms with Gasteiger partial charge in [-0.05, 0) is 6.07 Å². The molecule has 0 saturated heterocycles. The number of carbonyl (C=O) groups excluding carboxylic acids is 1. The summed E-state index contributed by atoms with van der Waals surface area (Å²) in [5.41, 5.74) is 0.325. The molecular formula is C11H13NO5. The number of carbonyl (C=O) groups is 2. The number of amides is 1. The van der Waals surface area contributed by atoms with Gasteiger partial charge < -0.3 is 19.9 Å². The molecule has 92 valence electrons. The van der Waals surface area contributed by atoms with Gasteiger partial charge in [0, 0.05) is 5.56 Å². The monoisotopic (exact) mass is 239 g/mol. The predicted octanol–water partition coefficient (Wildman–Crippen LogP) is 0.575. The van der Waals surface area contributed by atoms with Crippen LogP contribution in [0.1, 0.15) is 11.6 Å². The molecule has 0 radical (unpaired) electrons. The lowest BCUT2D eigenvalue weighted by Gasteiger charge is -2.17. The van der Waals surface area contributed by atoms with Crippen LogP contribution in [0.15, 0.2) is 18.2 Å². The minimum Gasteiger partial charge on any atom is -0.493 e. The minimum absolute atomic E-state index is 0.289. The van der Waals surface area contributed by atoms with E-state index in [2.05, 4.69) is 5.32 Å². The van der Waals surface area contributed by atoms with Gasteiger partial charge >= 0.3 is 5.97 Å². The fourth-order valence-corrected chi connectivity index (χ4v) is 1.50. The van der Waals surface area contributed by atoms with Crippen molar-refractivity contribution in [2.75, 3.05) is 14.2 Å². The number of nitrogens with one attached hydrogen (secondary N) is 1. The van der Waals surface area contributed by atoms with Crippen molar-refractivity contribution in [3.63, 3.8) is 0 Å². The number of aliphatic carboxylic acids is 1. The molecule has 0 heterocycles. The number of hydrogen-bond donors (Lipinski definition) is 2. The molecule has 6 heteroatoms. The molecule has 0 aromatic heterocycles. The molecule has 17 heavy (non-hydrogen) atoms. The standard InChI is InChI=1S/C11H13NO5/c1-16-8-5-3-4-7(10(8)17-2)9(11(14)15)12-6-13/h3-6,9H,1-2H3,(H,12,13)(H,14,15). The SMILES string of the molecule is COc1cccc(C(NC=O)C(=O)O)c1OC. The summed E-state index contributed by atoms with van der Waals surface area (Å²) in [6, 6.07) is 3.65. The first-order valence-corrected chi connectivity index (χ1v) is 4.79. The fraction of sp³-hybridized carbons (Fsp3) is 0.273. The Hall–Kier alpha value is -2.24. The molecule has 0 saturated carbocycles. The van der Waals surface area contributed by atoms with E-state index in [0.717, 1.165) is 0 Å². The van der Waals surface area contributed by atoms with Crippen molar-refractivity contribution in [1.29, 1.82) is 0 Å². The molecule has 0 spiro atoms. The van der Waals surface area contributed by atoms with Crippen LogP contribution in [0.4, 0.5) is 0 Å². The predicted molar refractivity (Wildman–Crippen MR) is 59.1 cm³/mol. The molecule has 2 N–H and O–H groups in total. The average molecular weight is 239 g/mol. The molecule has 0 fully saturated rings. The molecule has 1 aromatic rings. The molecule has 1 rings (SSSR count). The van der Waals surface area contributed by atoms with E-state index in [9.17, 15) is 9.59 Å². The Morgan fingerprint density at radius 2 is 2.12 bits per heavy atom. The van der Waals surface area contributed by atoms with Gasteiger partial charge in [-0.1, -0.05) is 12.1 Å². The highest BCUT2D eigenvalue weighted by Crippen LogP contribution is 2.34. The maximum absolute atomic E-state index is 11.0. The van der Waals surface area contributed by atoms with Crippen LogP contribution in [0.25, 0.3) is 0 Å². The van der Waals surface area contributed by atoms with E-state index < -0.39 is 12.0 Å². The Bertz CT molecular complexity index is 418. The van der Waals surface area contributed by atoms with E-state index in [4.69, 9.17) is 14.6 Å². The zero-order valence-electron chi connectivity index (χ0n) is 9.47. The summed E-state index contributed by atoms with van der Waals surface area (Å²) in [6.07, 6.45) is 0.331. The second kappa shape index (κ2) is 5.74. The lowest BCUT2D eigenvalue weighted by molar-refractivity contribution is -0.140. The van der Waals surface area contributed by atoms with Gasteiger partial charge in [0.1, 0.15) is 0 Å². The Balaban J connectivity index is 3.26. The van der Waals surface area contributed by atoms with Gasteiger partial charge in [-0.2, -0.15) is 0 Å². The van der Waals surface area contributed by atoms with Crippen molar-refractivity contribution in [2.24, 2.45) is 0 Å². The molecule has 0 aliphatic heterocycles. The number of rotatable bonds is 6. The lowest BCUT2D eigenvalue weighted by atomic mass is 10.1. The van der Waals surface area contributed by atoms with Crippen molar-refractivity contribution >= 4 is 12.4 Å². The molecule has 1 aromatic carbocycles. The third kappa shape index (κ3) is 2.66. The van der Waals surface area contributed by atoms with Crippen molar-refractivity contribution in [2.45, 2.75) is 6.04 Å². The van der Waals surface area contributed by atoms with Crippen molar-refractivity contribution in [1.82, 2.24) is 5.32 Å². The third-order valence-corrected chi connectivity index (χ3v) is 2.23. The smallest absolute Gasteiger partial charge is 0.331 e. The van der Waals surface area contributed by atoms with Crippen LogP contribution in [-0.4, -0.2) is 31.7 Å². The topological polar surface area (TPSA) is 84.9 Å². The largest absolute Gasteiger partial charge is 0.493 e. The second-order valence-corrected chi connectivity index (χ2v) is 3.14. The van der Waals surface area contributed by atoms with Crippen molar-refractivity contribution < 1.29 is 24.2 Å². The fourth-order valence-electron chi connectivity index (χ4n) is 1.50. The van der Waals surface area contributed by atoms with E-state index in [0.29, 0.717) is 17.7 Å². The van der Waals surface area contributed by atoms with E-state index in [1.165, 1.54) is 14.2 Å². The van der Waals surface area contributed by atoms with Gasteiger partial charge in [0.2, 0.25) is 6.41 Å². The highest BCUT2D eigenvalue weighted by Gasteiger charge is 2.24. The van der Waals surface area contributed by atoms with Crippen LogP contribution in [-0.2, 0) is 9.59 Å².